The highest BCUT2D eigenvalue weighted by molar-refractivity contribution is 5.91. The Morgan fingerprint density at radius 3 is 2.62 bits per heavy atom. The molecule has 29 heavy (non-hydrogen) atoms. The lowest BCUT2D eigenvalue weighted by Crippen LogP contribution is -2.36. The summed E-state index contributed by atoms with van der Waals surface area (Å²) in [6.07, 6.45) is 0. The fraction of sp³-hybridized carbons (Fsp3) is 0.333. The van der Waals surface area contributed by atoms with Gasteiger partial charge in [0.05, 0.1) is 13.2 Å². The Morgan fingerprint density at radius 1 is 1.10 bits per heavy atom. The van der Waals surface area contributed by atoms with Crippen molar-refractivity contribution < 1.29 is 9.53 Å². The molecule has 8 nitrogen and oxygen atoms in total. The molecular formula is C21H24N6O2. The van der Waals surface area contributed by atoms with Crippen LogP contribution in [-0.2, 0) is 16.1 Å². The first kappa shape index (κ1) is 19.1. The van der Waals surface area contributed by atoms with Gasteiger partial charge in [-0.05, 0) is 60.5 Å². The van der Waals surface area contributed by atoms with E-state index in [1.807, 2.05) is 44.2 Å². The Bertz CT molecular complexity index is 993. The summed E-state index contributed by atoms with van der Waals surface area (Å²) in [5.41, 5.74) is 4.92. The van der Waals surface area contributed by atoms with Crippen molar-refractivity contribution in [3.05, 3.63) is 53.6 Å². The van der Waals surface area contributed by atoms with E-state index in [9.17, 15) is 4.79 Å². The molecule has 8 heteroatoms. The number of amides is 1. The Morgan fingerprint density at radius 2 is 1.86 bits per heavy atom. The topological polar surface area (TPSA) is 85.2 Å². The number of anilines is 2. The normalized spacial score (nSPS) is 14.1. The molecule has 1 fully saturated rings. The van der Waals surface area contributed by atoms with Gasteiger partial charge in [-0.15, -0.1) is 10.2 Å². The van der Waals surface area contributed by atoms with E-state index in [2.05, 4.69) is 37.8 Å². The first-order chi connectivity index (χ1) is 14.1. The maximum Gasteiger partial charge on any atom is 0.248 e. The molecule has 0 saturated carbocycles. The van der Waals surface area contributed by atoms with Crippen molar-refractivity contribution in [2.24, 2.45) is 0 Å². The fourth-order valence-electron chi connectivity index (χ4n) is 3.26. The van der Waals surface area contributed by atoms with E-state index >= 15 is 0 Å². The number of carbonyl (C=O) groups is 1. The number of nitrogens with one attached hydrogen (secondary N) is 1. The zero-order valence-electron chi connectivity index (χ0n) is 16.6. The highest BCUT2D eigenvalue weighted by Crippen LogP contribution is 2.21. The van der Waals surface area contributed by atoms with Gasteiger partial charge < -0.3 is 15.0 Å². The van der Waals surface area contributed by atoms with Gasteiger partial charge in [0, 0.05) is 30.0 Å². The summed E-state index contributed by atoms with van der Waals surface area (Å²) in [5.74, 6) is 0.309. The van der Waals surface area contributed by atoms with Crippen LogP contribution in [0.3, 0.4) is 0 Å². The second kappa shape index (κ2) is 8.40. The van der Waals surface area contributed by atoms with Crippen LogP contribution in [0.25, 0.3) is 11.4 Å². The number of nitrogens with zero attached hydrogens (tertiary/aromatic N) is 5. The largest absolute Gasteiger partial charge is 0.378 e. The molecule has 0 radical (unpaired) electrons. The first-order valence-electron chi connectivity index (χ1n) is 9.66. The average molecular weight is 392 g/mol. The van der Waals surface area contributed by atoms with E-state index in [4.69, 9.17) is 4.74 Å². The number of aromatic nitrogens is 4. The summed E-state index contributed by atoms with van der Waals surface area (Å²) in [7, 11) is 0. The number of carbonyl (C=O) groups excluding carboxylic acids is 1. The van der Waals surface area contributed by atoms with Crippen LogP contribution in [0, 0.1) is 13.8 Å². The molecule has 0 atom stereocenters. The second-order valence-corrected chi connectivity index (χ2v) is 7.16. The highest BCUT2D eigenvalue weighted by atomic mass is 16.5. The van der Waals surface area contributed by atoms with Gasteiger partial charge >= 0.3 is 0 Å². The summed E-state index contributed by atoms with van der Waals surface area (Å²) >= 11 is 0. The predicted molar refractivity (Wildman–Crippen MR) is 111 cm³/mol. The van der Waals surface area contributed by atoms with Crippen molar-refractivity contribution in [1.82, 2.24) is 20.2 Å². The van der Waals surface area contributed by atoms with Crippen molar-refractivity contribution in [2.75, 3.05) is 36.5 Å². The predicted octanol–water partition coefficient (Wildman–Crippen LogP) is 2.43. The van der Waals surface area contributed by atoms with Gasteiger partial charge in [-0.25, -0.2) is 0 Å². The fourth-order valence-corrected chi connectivity index (χ4v) is 3.26. The minimum absolute atomic E-state index is 0.00619. The lowest BCUT2D eigenvalue weighted by molar-refractivity contribution is -0.117. The number of benzene rings is 2. The quantitative estimate of drug-likeness (QED) is 0.718. The van der Waals surface area contributed by atoms with Crippen LogP contribution in [-0.4, -0.2) is 52.4 Å². The third kappa shape index (κ3) is 4.60. The zero-order chi connectivity index (χ0) is 20.2. The van der Waals surface area contributed by atoms with Gasteiger partial charge in [-0.1, -0.05) is 12.1 Å². The Kier molecular flexibility index (Phi) is 5.53. The lowest BCUT2D eigenvalue weighted by atomic mass is 10.1. The van der Waals surface area contributed by atoms with Gasteiger partial charge in [0.1, 0.15) is 6.54 Å². The monoisotopic (exact) mass is 392 g/mol. The van der Waals surface area contributed by atoms with Crippen LogP contribution >= 0.6 is 0 Å². The van der Waals surface area contributed by atoms with Crippen LogP contribution in [0.4, 0.5) is 11.4 Å². The standard InChI is InChI=1S/C21H24N6O2/c1-15-3-4-16(2)19(13-15)22-20(28)14-27-24-21(23-25-27)17-5-7-18(8-6-17)26-9-11-29-12-10-26/h3-8,13H,9-12,14H2,1-2H3,(H,22,28). The molecule has 1 amide bonds. The molecule has 150 valence electrons. The molecule has 1 aliphatic rings. The molecule has 0 unspecified atom stereocenters. The molecule has 1 aromatic heterocycles. The number of hydrogen-bond acceptors (Lipinski definition) is 6. The van der Waals surface area contributed by atoms with E-state index < -0.39 is 0 Å². The number of hydrogen-bond donors (Lipinski definition) is 1. The maximum absolute atomic E-state index is 12.4. The SMILES string of the molecule is Cc1ccc(C)c(NC(=O)Cn2nnc(-c3ccc(N4CCOCC4)cc3)n2)c1. The van der Waals surface area contributed by atoms with E-state index in [0.717, 1.165) is 54.4 Å². The van der Waals surface area contributed by atoms with E-state index in [1.54, 1.807) is 0 Å². The Balaban J connectivity index is 1.40. The zero-order valence-corrected chi connectivity index (χ0v) is 16.6. The van der Waals surface area contributed by atoms with E-state index in [-0.39, 0.29) is 12.5 Å². The molecule has 4 rings (SSSR count). The number of tetrazole rings is 1. The van der Waals surface area contributed by atoms with Crippen LogP contribution in [0.2, 0.25) is 0 Å². The number of ether oxygens (including phenoxy) is 1. The number of rotatable bonds is 5. The van der Waals surface area contributed by atoms with Crippen LogP contribution in [0.15, 0.2) is 42.5 Å². The molecular weight excluding hydrogens is 368 g/mol. The molecule has 0 bridgehead atoms. The average Bonchev–Trinajstić information content (AvgIpc) is 3.20. The lowest BCUT2D eigenvalue weighted by Gasteiger charge is -2.28. The minimum Gasteiger partial charge on any atom is -0.378 e. The summed E-state index contributed by atoms with van der Waals surface area (Å²) in [5, 5.41) is 15.4. The first-order valence-corrected chi connectivity index (χ1v) is 9.66. The summed E-state index contributed by atoms with van der Waals surface area (Å²) in [4.78, 5) is 16.0. The summed E-state index contributed by atoms with van der Waals surface area (Å²) in [6, 6.07) is 14.0. The molecule has 1 N–H and O–H groups in total. The molecule has 0 spiro atoms. The van der Waals surface area contributed by atoms with E-state index in [0.29, 0.717) is 5.82 Å². The van der Waals surface area contributed by atoms with Crippen molar-refractivity contribution in [3.63, 3.8) is 0 Å². The van der Waals surface area contributed by atoms with Crippen molar-refractivity contribution >= 4 is 17.3 Å². The van der Waals surface area contributed by atoms with Crippen molar-refractivity contribution in [3.8, 4) is 11.4 Å². The number of aryl methyl sites for hydroxylation is 2. The second-order valence-electron chi connectivity index (χ2n) is 7.16. The molecule has 1 aliphatic heterocycles. The molecule has 3 aromatic rings. The van der Waals surface area contributed by atoms with Gasteiger partial charge in [-0.3, -0.25) is 4.79 Å². The van der Waals surface area contributed by atoms with Gasteiger partial charge in [0.2, 0.25) is 11.7 Å². The summed E-state index contributed by atoms with van der Waals surface area (Å²) in [6.45, 7) is 7.24. The molecule has 2 aromatic carbocycles. The Hall–Kier alpha value is -3.26. The smallest absolute Gasteiger partial charge is 0.248 e. The Labute approximate surface area is 169 Å². The van der Waals surface area contributed by atoms with Crippen molar-refractivity contribution in [2.45, 2.75) is 20.4 Å². The molecule has 0 aliphatic carbocycles. The van der Waals surface area contributed by atoms with E-state index in [1.165, 1.54) is 4.80 Å². The van der Waals surface area contributed by atoms with Gasteiger partial charge in [0.25, 0.3) is 0 Å². The third-order valence-corrected chi connectivity index (χ3v) is 4.91. The minimum atomic E-state index is -0.190. The van der Waals surface area contributed by atoms with Gasteiger partial charge in [0.15, 0.2) is 0 Å². The maximum atomic E-state index is 12.4. The summed E-state index contributed by atoms with van der Waals surface area (Å²) < 4.78 is 5.39. The number of morpholine rings is 1. The van der Waals surface area contributed by atoms with Crippen LogP contribution < -0.4 is 10.2 Å². The molecule has 1 saturated heterocycles. The highest BCUT2D eigenvalue weighted by Gasteiger charge is 2.13. The third-order valence-electron chi connectivity index (χ3n) is 4.91. The molecule has 2 heterocycles. The van der Waals surface area contributed by atoms with Crippen LogP contribution in [0.5, 0.6) is 0 Å². The van der Waals surface area contributed by atoms with Gasteiger partial charge in [-0.2, -0.15) is 4.80 Å². The van der Waals surface area contributed by atoms with Crippen LogP contribution in [0.1, 0.15) is 11.1 Å². The van der Waals surface area contributed by atoms with Crippen molar-refractivity contribution in [1.29, 1.82) is 0 Å².